The molecule has 2 aromatic heterocycles. The third-order valence-corrected chi connectivity index (χ3v) is 4.97. The van der Waals surface area contributed by atoms with Crippen molar-refractivity contribution in [2.45, 2.75) is 45.2 Å². The zero-order chi connectivity index (χ0) is 18.3. The second-order valence-corrected chi connectivity index (χ2v) is 8.24. The Balaban J connectivity index is 2.44. The van der Waals surface area contributed by atoms with Gasteiger partial charge in [-0.05, 0) is 46.8 Å². The van der Waals surface area contributed by atoms with E-state index >= 15 is 0 Å². The number of nitrogens with one attached hydrogen (secondary N) is 1. The van der Waals surface area contributed by atoms with Gasteiger partial charge in [0.15, 0.2) is 0 Å². The smallest absolute Gasteiger partial charge is 0.412 e. The van der Waals surface area contributed by atoms with Gasteiger partial charge in [0, 0.05) is 24.6 Å². The number of nitrogens with zero attached hydrogens (tertiary/aromatic N) is 3. The van der Waals surface area contributed by atoms with E-state index in [0.717, 1.165) is 0 Å². The summed E-state index contributed by atoms with van der Waals surface area (Å²) in [6.07, 6.45) is 0.679. The van der Waals surface area contributed by atoms with Gasteiger partial charge >= 0.3 is 6.09 Å². The van der Waals surface area contributed by atoms with Crippen LogP contribution < -0.4 is 5.32 Å². The minimum Gasteiger partial charge on any atom is -0.444 e. The van der Waals surface area contributed by atoms with Crippen molar-refractivity contribution in [1.82, 2.24) is 13.8 Å². The molecule has 2 aromatic rings. The lowest BCUT2D eigenvalue weighted by Crippen LogP contribution is -2.28. The molecular weight excluding hydrogens is 332 g/mol. The maximum Gasteiger partial charge on any atom is 0.412 e. The van der Waals surface area contributed by atoms with E-state index in [1.165, 1.54) is 14.9 Å². The SMILES string of the molecule is Cc1ccc(C)n1S(=O)(=O)c1nn(C)cc1NC(=O)OC(C)(C)C. The van der Waals surface area contributed by atoms with Gasteiger partial charge in [0.25, 0.3) is 10.0 Å². The molecule has 0 aromatic carbocycles. The minimum atomic E-state index is -3.94. The summed E-state index contributed by atoms with van der Waals surface area (Å²) >= 11 is 0. The van der Waals surface area contributed by atoms with Crippen molar-refractivity contribution in [3.8, 4) is 0 Å². The van der Waals surface area contributed by atoms with Crippen LogP contribution in [0.5, 0.6) is 0 Å². The second kappa shape index (κ2) is 5.97. The lowest BCUT2D eigenvalue weighted by molar-refractivity contribution is 0.0635. The van der Waals surface area contributed by atoms with Gasteiger partial charge in [0.1, 0.15) is 11.3 Å². The summed E-state index contributed by atoms with van der Waals surface area (Å²) in [5.41, 5.74) is 0.487. The Kier molecular flexibility index (Phi) is 4.49. The zero-order valence-electron chi connectivity index (χ0n) is 14.6. The van der Waals surface area contributed by atoms with Crippen LogP contribution in [0, 0.1) is 13.8 Å². The maximum atomic E-state index is 12.9. The van der Waals surface area contributed by atoms with Gasteiger partial charge in [-0.1, -0.05) is 0 Å². The lowest BCUT2D eigenvalue weighted by atomic mass is 10.2. The van der Waals surface area contributed by atoms with Crippen molar-refractivity contribution in [2.24, 2.45) is 7.05 Å². The summed E-state index contributed by atoms with van der Waals surface area (Å²) in [6.45, 7) is 8.54. The Morgan fingerprint density at radius 2 is 1.75 bits per heavy atom. The topological polar surface area (TPSA) is 95.2 Å². The molecule has 0 unspecified atom stereocenters. The van der Waals surface area contributed by atoms with E-state index in [0.29, 0.717) is 11.4 Å². The van der Waals surface area contributed by atoms with E-state index in [1.54, 1.807) is 53.8 Å². The first-order chi connectivity index (χ1) is 10.9. The summed E-state index contributed by atoms with van der Waals surface area (Å²) in [7, 11) is -2.36. The van der Waals surface area contributed by atoms with E-state index < -0.39 is 21.7 Å². The lowest BCUT2D eigenvalue weighted by Gasteiger charge is -2.19. The van der Waals surface area contributed by atoms with Crippen molar-refractivity contribution in [3.05, 3.63) is 29.7 Å². The molecule has 8 nitrogen and oxygen atoms in total. The Morgan fingerprint density at radius 1 is 1.21 bits per heavy atom. The molecule has 24 heavy (non-hydrogen) atoms. The summed E-state index contributed by atoms with van der Waals surface area (Å²) in [5, 5.41) is 6.23. The van der Waals surface area contributed by atoms with E-state index in [9.17, 15) is 13.2 Å². The largest absolute Gasteiger partial charge is 0.444 e. The first kappa shape index (κ1) is 18.1. The Labute approximate surface area is 141 Å². The van der Waals surface area contributed by atoms with Gasteiger partial charge in [-0.25, -0.2) is 8.77 Å². The van der Waals surface area contributed by atoms with Gasteiger partial charge in [0.2, 0.25) is 5.03 Å². The van der Waals surface area contributed by atoms with E-state index in [4.69, 9.17) is 4.74 Å². The predicted molar refractivity (Wildman–Crippen MR) is 89.6 cm³/mol. The van der Waals surface area contributed by atoms with Gasteiger partial charge in [-0.3, -0.25) is 10.00 Å². The normalized spacial score (nSPS) is 12.2. The molecule has 0 aliphatic carbocycles. The van der Waals surface area contributed by atoms with Crippen LogP contribution in [0.2, 0.25) is 0 Å². The fourth-order valence-electron chi connectivity index (χ4n) is 2.28. The van der Waals surface area contributed by atoms with Gasteiger partial charge in [-0.15, -0.1) is 0 Å². The number of hydrogen-bond donors (Lipinski definition) is 1. The first-order valence-corrected chi connectivity index (χ1v) is 8.80. The first-order valence-electron chi connectivity index (χ1n) is 7.36. The highest BCUT2D eigenvalue weighted by Gasteiger charge is 2.29. The quantitative estimate of drug-likeness (QED) is 0.913. The number of ether oxygens (including phenoxy) is 1. The molecule has 0 radical (unpaired) electrons. The number of anilines is 1. The van der Waals surface area contributed by atoms with E-state index in [2.05, 4.69) is 10.4 Å². The number of aromatic nitrogens is 3. The molecule has 0 atom stereocenters. The van der Waals surface area contributed by atoms with Crippen LogP contribution in [-0.2, 0) is 21.8 Å². The van der Waals surface area contributed by atoms with Crippen molar-refractivity contribution in [3.63, 3.8) is 0 Å². The van der Waals surface area contributed by atoms with Gasteiger partial charge < -0.3 is 4.74 Å². The molecule has 1 N–H and O–H groups in total. The zero-order valence-corrected chi connectivity index (χ0v) is 15.4. The fraction of sp³-hybridized carbons (Fsp3) is 0.467. The van der Waals surface area contributed by atoms with E-state index in [-0.39, 0.29) is 10.7 Å². The third kappa shape index (κ3) is 3.61. The van der Waals surface area contributed by atoms with Gasteiger partial charge in [0.05, 0.1) is 0 Å². The molecule has 2 rings (SSSR count). The molecule has 0 spiro atoms. The standard InChI is InChI=1S/C15H22N4O4S/c1-10-7-8-11(2)19(10)24(21,22)13-12(9-18(6)17-13)16-14(20)23-15(3,4)5/h7-9H,1-6H3,(H,16,20). The fourth-order valence-corrected chi connectivity index (χ4v) is 3.94. The highest BCUT2D eigenvalue weighted by Crippen LogP contribution is 2.25. The average molecular weight is 354 g/mol. The van der Waals surface area contributed by atoms with Crippen LogP contribution in [0.4, 0.5) is 10.5 Å². The van der Waals surface area contributed by atoms with Crippen molar-refractivity contribution in [1.29, 1.82) is 0 Å². The number of aryl methyl sites for hydroxylation is 3. The third-order valence-electron chi connectivity index (χ3n) is 3.12. The minimum absolute atomic E-state index is 0.0688. The van der Waals surface area contributed by atoms with Crippen molar-refractivity contribution in [2.75, 3.05) is 5.32 Å². The molecular formula is C15H22N4O4S. The number of rotatable bonds is 3. The number of carbonyl (C=O) groups excluding carboxylic acids is 1. The molecule has 0 saturated carbocycles. The van der Waals surface area contributed by atoms with Crippen LogP contribution in [0.3, 0.4) is 0 Å². The second-order valence-electron chi connectivity index (χ2n) is 6.53. The number of hydrogen-bond acceptors (Lipinski definition) is 5. The number of carbonyl (C=O) groups is 1. The molecule has 132 valence electrons. The van der Waals surface area contributed by atoms with Crippen LogP contribution in [0.25, 0.3) is 0 Å². The molecule has 0 fully saturated rings. The maximum absolute atomic E-state index is 12.9. The molecule has 2 heterocycles. The van der Waals surface area contributed by atoms with Crippen LogP contribution in [0.15, 0.2) is 23.4 Å². The van der Waals surface area contributed by atoms with Crippen LogP contribution in [-0.4, -0.2) is 33.9 Å². The highest BCUT2D eigenvalue weighted by molar-refractivity contribution is 7.90. The van der Waals surface area contributed by atoms with Crippen LogP contribution in [0.1, 0.15) is 32.2 Å². The Morgan fingerprint density at radius 3 is 2.25 bits per heavy atom. The number of amides is 1. The van der Waals surface area contributed by atoms with E-state index in [1.807, 2.05) is 0 Å². The molecule has 0 aliphatic rings. The average Bonchev–Trinajstić information content (AvgIpc) is 2.90. The Bertz CT molecular complexity index is 852. The molecule has 1 amide bonds. The summed E-state index contributed by atoms with van der Waals surface area (Å²) < 4.78 is 33.6. The predicted octanol–water partition coefficient (Wildman–Crippen LogP) is 2.42. The molecule has 9 heteroatoms. The van der Waals surface area contributed by atoms with Crippen LogP contribution >= 0.6 is 0 Å². The highest BCUT2D eigenvalue weighted by atomic mass is 32.2. The monoisotopic (exact) mass is 354 g/mol. The van der Waals surface area contributed by atoms with Crippen molar-refractivity contribution >= 4 is 21.8 Å². The molecule has 0 bridgehead atoms. The van der Waals surface area contributed by atoms with Gasteiger partial charge in [-0.2, -0.15) is 13.5 Å². The summed E-state index contributed by atoms with van der Waals surface area (Å²) in [4.78, 5) is 12.0. The Hall–Kier alpha value is -2.29. The molecule has 0 saturated heterocycles. The van der Waals surface area contributed by atoms with Crippen molar-refractivity contribution < 1.29 is 17.9 Å². The molecule has 0 aliphatic heterocycles. The summed E-state index contributed by atoms with van der Waals surface area (Å²) in [6, 6.07) is 3.41. The summed E-state index contributed by atoms with van der Waals surface area (Å²) in [5.74, 6) is 0.